The van der Waals surface area contributed by atoms with Crippen LogP contribution in [0.2, 0.25) is 0 Å². The summed E-state index contributed by atoms with van der Waals surface area (Å²) in [5.41, 5.74) is 0.977. The van der Waals surface area contributed by atoms with Crippen molar-refractivity contribution in [2.24, 2.45) is 4.99 Å². The molecule has 1 aromatic rings. The number of rotatable bonds is 9. The highest BCUT2D eigenvalue weighted by atomic mass is 16.6. The van der Waals surface area contributed by atoms with Crippen LogP contribution >= 0.6 is 0 Å². The number of hydrogen-bond donors (Lipinski definition) is 2. The number of nitrogens with zero attached hydrogens (tertiary/aromatic N) is 4. The first-order valence-corrected chi connectivity index (χ1v) is 10.3. The third-order valence-electron chi connectivity index (χ3n) is 5.13. The number of amides is 1. The summed E-state index contributed by atoms with van der Waals surface area (Å²) in [6.45, 7) is 5.21. The van der Waals surface area contributed by atoms with Crippen molar-refractivity contribution in [3.63, 3.8) is 0 Å². The minimum atomic E-state index is -0.408. The number of hydrogen-bond acceptors (Lipinski definition) is 6. The van der Waals surface area contributed by atoms with Crippen LogP contribution in [0, 0.1) is 10.1 Å². The van der Waals surface area contributed by atoms with Crippen LogP contribution in [0.4, 0.5) is 5.69 Å². The Labute approximate surface area is 176 Å². The minimum absolute atomic E-state index is 0.0722. The van der Waals surface area contributed by atoms with Gasteiger partial charge in [-0.3, -0.25) is 19.8 Å². The van der Waals surface area contributed by atoms with E-state index in [1.807, 2.05) is 0 Å². The Morgan fingerprint density at radius 3 is 2.53 bits per heavy atom. The van der Waals surface area contributed by atoms with E-state index in [-0.39, 0.29) is 11.6 Å². The fraction of sp³-hybridized carbons (Fsp3) is 0.600. The van der Waals surface area contributed by atoms with Crippen molar-refractivity contribution >= 4 is 17.6 Å². The van der Waals surface area contributed by atoms with Gasteiger partial charge < -0.3 is 20.3 Å². The van der Waals surface area contributed by atoms with Gasteiger partial charge in [0.25, 0.3) is 5.69 Å². The van der Waals surface area contributed by atoms with Gasteiger partial charge in [-0.05, 0) is 18.4 Å². The Hall–Kier alpha value is -2.72. The highest BCUT2D eigenvalue weighted by molar-refractivity contribution is 5.80. The molecule has 3 rings (SSSR count). The number of nitro groups is 1. The minimum Gasteiger partial charge on any atom is -0.383 e. The zero-order chi connectivity index (χ0) is 21.3. The van der Waals surface area contributed by atoms with Crippen LogP contribution in [-0.4, -0.2) is 85.6 Å². The summed E-state index contributed by atoms with van der Waals surface area (Å²) in [5.74, 6) is 0.892. The van der Waals surface area contributed by atoms with E-state index in [1.165, 1.54) is 12.1 Å². The summed E-state index contributed by atoms with van der Waals surface area (Å²) in [4.78, 5) is 31.5. The highest BCUT2D eigenvalue weighted by Gasteiger charge is 2.26. The fourth-order valence-electron chi connectivity index (χ4n) is 3.24. The van der Waals surface area contributed by atoms with Crippen LogP contribution in [0.3, 0.4) is 0 Å². The topological polar surface area (TPSA) is 112 Å². The molecule has 1 aromatic carbocycles. The first-order chi connectivity index (χ1) is 14.5. The van der Waals surface area contributed by atoms with E-state index in [0.29, 0.717) is 32.3 Å². The van der Waals surface area contributed by atoms with Gasteiger partial charge >= 0.3 is 0 Å². The van der Waals surface area contributed by atoms with E-state index < -0.39 is 4.92 Å². The van der Waals surface area contributed by atoms with Gasteiger partial charge in [0.05, 0.1) is 24.6 Å². The number of carbonyl (C=O) groups is 1. The number of piperazine rings is 1. The van der Waals surface area contributed by atoms with E-state index in [9.17, 15) is 14.9 Å². The number of methoxy groups -OCH3 is 1. The molecule has 2 N–H and O–H groups in total. The van der Waals surface area contributed by atoms with Crippen LogP contribution < -0.4 is 10.6 Å². The molecule has 30 heavy (non-hydrogen) atoms. The Morgan fingerprint density at radius 2 is 1.93 bits per heavy atom. The molecule has 0 spiro atoms. The van der Waals surface area contributed by atoms with Crippen LogP contribution in [0.25, 0.3) is 0 Å². The summed E-state index contributed by atoms with van der Waals surface area (Å²) in [5, 5.41) is 17.2. The molecule has 1 aliphatic carbocycles. The summed E-state index contributed by atoms with van der Waals surface area (Å²) in [6, 6.07) is 6.83. The highest BCUT2D eigenvalue weighted by Crippen LogP contribution is 2.18. The number of aliphatic imine (C=N–C) groups is 1. The molecular formula is C20H30N6O4. The third kappa shape index (κ3) is 6.96. The fourth-order valence-corrected chi connectivity index (χ4v) is 3.24. The van der Waals surface area contributed by atoms with E-state index in [0.717, 1.165) is 50.5 Å². The van der Waals surface area contributed by atoms with Crippen molar-refractivity contribution in [2.45, 2.75) is 25.4 Å². The molecule has 2 aliphatic rings. The maximum atomic E-state index is 12.0. The molecule has 1 heterocycles. The van der Waals surface area contributed by atoms with Crippen molar-refractivity contribution in [3.05, 3.63) is 39.9 Å². The van der Waals surface area contributed by atoms with E-state index in [1.54, 1.807) is 19.2 Å². The van der Waals surface area contributed by atoms with E-state index in [2.05, 4.69) is 20.4 Å². The molecule has 1 amide bonds. The molecule has 0 atom stereocenters. The molecule has 0 radical (unpaired) electrons. The van der Waals surface area contributed by atoms with Crippen molar-refractivity contribution in [3.8, 4) is 0 Å². The molecule has 1 aliphatic heterocycles. The van der Waals surface area contributed by atoms with Crippen molar-refractivity contribution < 1.29 is 14.5 Å². The third-order valence-corrected chi connectivity index (χ3v) is 5.13. The number of nitrogens with one attached hydrogen (secondary N) is 2. The molecule has 164 valence electrons. The molecule has 1 saturated heterocycles. The Balaban J connectivity index is 1.54. The van der Waals surface area contributed by atoms with Crippen LogP contribution in [0.1, 0.15) is 18.4 Å². The van der Waals surface area contributed by atoms with Crippen LogP contribution in [-0.2, 0) is 16.1 Å². The summed E-state index contributed by atoms with van der Waals surface area (Å²) in [7, 11) is 1.65. The SMILES string of the molecule is COCCNC(=NCc1ccc([N+](=O)[O-])cc1)N1CCN(CC(=O)NC2CC2)CC1. The second kappa shape index (κ2) is 10.9. The maximum Gasteiger partial charge on any atom is 0.269 e. The Bertz CT molecular complexity index is 742. The monoisotopic (exact) mass is 418 g/mol. The second-order valence-electron chi connectivity index (χ2n) is 7.59. The second-order valence-corrected chi connectivity index (χ2v) is 7.59. The van der Waals surface area contributed by atoms with Crippen LogP contribution in [0.5, 0.6) is 0 Å². The number of nitro benzene ring substituents is 1. The van der Waals surface area contributed by atoms with E-state index in [4.69, 9.17) is 9.73 Å². The van der Waals surface area contributed by atoms with Crippen molar-refractivity contribution in [1.82, 2.24) is 20.4 Å². The lowest BCUT2D eigenvalue weighted by molar-refractivity contribution is -0.384. The lowest BCUT2D eigenvalue weighted by Crippen LogP contribution is -2.54. The number of benzene rings is 1. The quantitative estimate of drug-likeness (QED) is 0.198. The smallest absolute Gasteiger partial charge is 0.269 e. The zero-order valence-electron chi connectivity index (χ0n) is 17.4. The molecule has 10 nitrogen and oxygen atoms in total. The zero-order valence-corrected chi connectivity index (χ0v) is 17.4. The first-order valence-electron chi connectivity index (χ1n) is 10.3. The lowest BCUT2D eigenvalue weighted by Gasteiger charge is -2.36. The Morgan fingerprint density at radius 1 is 1.23 bits per heavy atom. The van der Waals surface area contributed by atoms with Gasteiger partial charge in [-0.2, -0.15) is 0 Å². The molecule has 0 unspecified atom stereocenters. The first kappa shape index (κ1) is 22.0. The van der Waals surface area contributed by atoms with Gasteiger partial charge in [0.1, 0.15) is 0 Å². The van der Waals surface area contributed by atoms with Gasteiger partial charge in [-0.1, -0.05) is 12.1 Å². The van der Waals surface area contributed by atoms with Crippen molar-refractivity contribution in [2.75, 3.05) is 53.0 Å². The maximum absolute atomic E-state index is 12.0. The number of guanidine groups is 1. The van der Waals surface area contributed by atoms with Gasteiger partial charge in [0.15, 0.2) is 5.96 Å². The average Bonchev–Trinajstić information content (AvgIpc) is 3.55. The Kier molecular flexibility index (Phi) is 7.97. The molecule has 2 fully saturated rings. The molecule has 0 bridgehead atoms. The standard InChI is InChI=1S/C20H30N6O4/c1-30-13-8-21-20(22-14-16-2-6-18(7-3-16)26(28)29)25-11-9-24(10-12-25)15-19(27)23-17-4-5-17/h2-3,6-7,17H,4-5,8-15H2,1H3,(H,21,22)(H,23,27). The normalized spacial score (nSPS) is 17.6. The van der Waals surface area contributed by atoms with Gasteiger partial charge in [-0.25, -0.2) is 4.99 Å². The van der Waals surface area contributed by atoms with E-state index >= 15 is 0 Å². The van der Waals surface area contributed by atoms with Gasteiger partial charge in [-0.15, -0.1) is 0 Å². The van der Waals surface area contributed by atoms with Gasteiger partial charge in [0, 0.05) is 58.0 Å². The number of non-ortho nitro benzene ring substituents is 1. The van der Waals surface area contributed by atoms with Crippen molar-refractivity contribution in [1.29, 1.82) is 0 Å². The predicted octanol–water partition coefficient (Wildman–Crippen LogP) is 0.583. The molecule has 0 aromatic heterocycles. The molecular weight excluding hydrogens is 388 g/mol. The lowest BCUT2D eigenvalue weighted by atomic mass is 10.2. The van der Waals surface area contributed by atoms with Crippen LogP contribution in [0.15, 0.2) is 29.3 Å². The summed E-state index contributed by atoms with van der Waals surface area (Å²) >= 11 is 0. The summed E-state index contributed by atoms with van der Waals surface area (Å²) in [6.07, 6.45) is 2.20. The molecule has 10 heteroatoms. The summed E-state index contributed by atoms with van der Waals surface area (Å²) < 4.78 is 5.12. The average molecular weight is 418 g/mol. The number of carbonyl (C=O) groups excluding carboxylic acids is 1. The largest absolute Gasteiger partial charge is 0.383 e. The van der Waals surface area contributed by atoms with Gasteiger partial charge in [0.2, 0.25) is 5.91 Å². The number of ether oxygens (including phenoxy) is 1. The molecule has 1 saturated carbocycles. The predicted molar refractivity (Wildman–Crippen MR) is 113 cm³/mol.